The minimum atomic E-state index is 0.117. The molecule has 0 radical (unpaired) electrons. The molecule has 1 N–H and O–H groups in total. The van der Waals surface area contributed by atoms with Crippen molar-refractivity contribution in [3.05, 3.63) is 46.5 Å². The molecule has 1 aliphatic rings. The average molecular weight is 281 g/mol. The molecule has 0 amide bonds. The van der Waals surface area contributed by atoms with Crippen molar-refractivity contribution in [1.82, 2.24) is 0 Å². The van der Waals surface area contributed by atoms with Crippen LogP contribution in [0.4, 0.5) is 11.4 Å². The summed E-state index contributed by atoms with van der Waals surface area (Å²) in [5.74, 6) is 1.85. The molecule has 1 heterocycles. The number of hydrogen-bond acceptors (Lipinski definition) is 2. The van der Waals surface area contributed by atoms with E-state index in [2.05, 4.69) is 71.1 Å². The van der Waals surface area contributed by atoms with Gasteiger partial charge in [-0.05, 0) is 60.6 Å². The van der Waals surface area contributed by atoms with Gasteiger partial charge in [0.05, 0.1) is 11.4 Å². The van der Waals surface area contributed by atoms with Gasteiger partial charge in [0.15, 0.2) is 11.5 Å². The summed E-state index contributed by atoms with van der Waals surface area (Å²) in [7, 11) is 0. The number of aryl methyl sites for hydroxylation is 3. The van der Waals surface area contributed by atoms with Crippen molar-refractivity contribution in [3.8, 4) is 11.5 Å². The lowest BCUT2D eigenvalue weighted by atomic mass is 9.85. The van der Waals surface area contributed by atoms with E-state index < -0.39 is 0 Å². The largest absolute Gasteiger partial charge is 0.453 e. The molecule has 0 bridgehead atoms. The van der Waals surface area contributed by atoms with Crippen LogP contribution in [-0.2, 0) is 5.41 Å². The number of rotatable bonds is 0. The average Bonchev–Trinajstić information content (AvgIpc) is 2.35. The minimum Gasteiger partial charge on any atom is -0.453 e. The Hall–Kier alpha value is -1.96. The Balaban J connectivity index is 2.14. The van der Waals surface area contributed by atoms with E-state index in [1.54, 1.807) is 0 Å². The molecule has 2 aromatic carbocycles. The normalized spacial score (nSPS) is 13.0. The summed E-state index contributed by atoms with van der Waals surface area (Å²) in [6.45, 7) is 13.0. The molecule has 0 saturated heterocycles. The summed E-state index contributed by atoms with van der Waals surface area (Å²) in [4.78, 5) is 0. The number of ether oxygens (including phenoxy) is 1. The van der Waals surface area contributed by atoms with Gasteiger partial charge in [0.1, 0.15) is 0 Å². The molecule has 0 atom stereocenters. The van der Waals surface area contributed by atoms with Gasteiger partial charge >= 0.3 is 0 Å². The van der Waals surface area contributed by atoms with Crippen molar-refractivity contribution < 1.29 is 4.74 Å². The quantitative estimate of drug-likeness (QED) is 0.565. The summed E-state index contributed by atoms with van der Waals surface area (Å²) in [6, 6.07) is 8.69. The maximum atomic E-state index is 6.19. The molecular weight excluding hydrogens is 258 g/mol. The van der Waals surface area contributed by atoms with Gasteiger partial charge in [-0.2, -0.15) is 0 Å². The zero-order valence-electron chi connectivity index (χ0n) is 13.7. The molecule has 3 rings (SSSR count). The highest BCUT2D eigenvalue weighted by Gasteiger charge is 2.23. The summed E-state index contributed by atoms with van der Waals surface area (Å²) >= 11 is 0. The fourth-order valence-electron chi connectivity index (χ4n) is 2.84. The van der Waals surface area contributed by atoms with Crippen LogP contribution >= 0.6 is 0 Å². The molecule has 1 aliphatic heterocycles. The Morgan fingerprint density at radius 1 is 0.810 bits per heavy atom. The van der Waals surface area contributed by atoms with Crippen LogP contribution in [0, 0.1) is 20.8 Å². The second kappa shape index (κ2) is 4.52. The van der Waals surface area contributed by atoms with Crippen LogP contribution in [0.25, 0.3) is 0 Å². The summed E-state index contributed by atoms with van der Waals surface area (Å²) in [5.41, 5.74) is 7.25. The van der Waals surface area contributed by atoms with Gasteiger partial charge in [-0.1, -0.05) is 32.9 Å². The van der Waals surface area contributed by atoms with E-state index in [-0.39, 0.29) is 5.41 Å². The fraction of sp³-hybridized carbons (Fsp3) is 0.368. The van der Waals surface area contributed by atoms with Gasteiger partial charge in [-0.25, -0.2) is 0 Å². The van der Waals surface area contributed by atoms with Crippen LogP contribution in [0.2, 0.25) is 0 Å². The molecule has 110 valence electrons. The van der Waals surface area contributed by atoms with Crippen molar-refractivity contribution in [2.45, 2.75) is 47.0 Å². The second-order valence-corrected chi connectivity index (χ2v) is 7.10. The molecule has 0 unspecified atom stereocenters. The highest BCUT2D eigenvalue weighted by molar-refractivity contribution is 5.80. The van der Waals surface area contributed by atoms with Crippen LogP contribution < -0.4 is 10.1 Å². The molecular formula is C19H23NO. The SMILES string of the molecule is Cc1cc(C)c2c(c1)Oc1cc(C(C)(C)C)cc(C)c1N2. The lowest BCUT2D eigenvalue weighted by Gasteiger charge is -2.28. The van der Waals surface area contributed by atoms with Gasteiger partial charge in [0.2, 0.25) is 0 Å². The van der Waals surface area contributed by atoms with Crippen LogP contribution in [0.3, 0.4) is 0 Å². The molecule has 0 aromatic heterocycles. The molecule has 0 fully saturated rings. The molecule has 0 saturated carbocycles. The second-order valence-electron chi connectivity index (χ2n) is 7.10. The lowest BCUT2D eigenvalue weighted by Crippen LogP contribution is -2.13. The first-order chi connectivity index (χ1) is 9.75. The van der Waals surface area contributed by atoms with E-state index in [0.29, 0.717) is 0 Å². The third-order valence-electron chi connectivity index (χ3n) is 4.08. The molecule has 0 aliphatic carbocycles. The van der Waals surface area contributed by atoms with Crippen molar-refractivity contribution >= 4 is 11.4 Å². The van der Waals surface area contributed by atoms with Gasteiger partial charge in [0, 0.05) is 0 Å². The molecule has 2 nitrogen and oxygen atoms in total. The van der Waals surface area contributed by atoms with Crippen LogP contribution in [0.1, 0.15) is 43.0 Å². The zero-order valence-corrected chi connectivity index (χ0v) is 13.7. The number of benzene rings is 2. The first-order valence-electron chi connectivity index (χ1n) is 7.47. The predicted molar refractivity (Wildman–Crippen MR) is 89.2 cm³/mol. The van der Waals surface area contributed by atoms with E-state index in [1.165, 1.54) is 22.3 Å². The third-order valence-corrected chi connectivity index (χ3v) is 4.08. The number of fused-ring (bicyclic) bond motifs is 2. The van der Waals surface area contributed by atoms with E-state index in [4.69, 9.17) is 4.74 Å². The van der Waals surface area contributed by atoms with E-state index >= 15 is 0 Å². The smallest absolute Gasteiger partial charge is 0.151 e. The topological polar surface area (TPSA) is 21.3 Å². The summed E-state index contributed by atoms with van der Waals surface area (Å²) in [5, 5.41) is 3.56. The third kappa shape index (κ3) is 2.39. The lowest BCUT2D eigenvalue weighted by molar-refractivity contribution is 0.476. The predicted octanol–water partition coefficient (Wildman–Crippen LogP) is 5.76. The minimum absolute atomic E-state index is 0.117. The van der Waals surface area contributed by atoms with Gasteiger partial charge in [-0.3, -0.25) is 0 Å². The van der Waals surface area contributed by atoms with Crippen molar-refractivity contribution in [1.29, 1.82) is 0 Å². The van der Waals surface area contributed by atoms with Crippen LogP contribution in [-0.4, -0.2) is 0 Å². The summed E-state index contributed by atoms with van der Waals surface area (Å²) in [6.07, 6.45) is 0. The number of nitrogens with one attached hydrogen (secondary N) is 1. The molecule has 21 heavy (non-hydrogen) atoms. The van der Waals surface area contributed by atoms with Crippen molar-refractivity contribution in [3.63, 3.8) is 0 Å². The van der Waals surface area contributed by atoms with Crippen molar-refractivity contribution in [2.24, 2.45) is 0 Å². The standard InChI is InChI=1S/C19H23NO/c1-11-7-12(2)17-15(8-11)21-16-10-14(19(4,5)6)9-13(3)18(16)20-17/h7-10,20H,1-6H3. The highest BCUT2D eigenvalue weighted by Crippen LogP contribution is 2.46. The highest BCUT2D eigenvalue weighted by atomic mass is 16.5. The molecule has 0 spiro atoms. The fourth-order valence-corrected chi connectivity index (χ4v) is 2.84. The van der Waals surface area contributed by atoms with E-state index in [0.717, 1.165) is 22.9 Å². The van der Waals surface area contributed by atoms with Gasteiger partial charge in [-0.15, -0.1) is 0 Å². The first kappa shape index (κ1) is 14.0. The maximum Gasteiger partial charge on any atom is 0.151 e. The summed E-state index contributed by atoms with van der Waals surface area (Å²) < 4.78 is 6.19. The zero-order chi connectivity index (χ0) is 15.4. The maximum absolute atomic E-state index is 6.19. The Labute approximate surface area is 127 Å². The van der Waals surface area contributed by atoms with Crippen LogP contribution in [0.15, 0.2) is 24.3 Å². The van der Waals surface area contributed by atoms with Gasteiger partial charge in [0.25, 0.3) is 0 Å². The Morgan fingerprint density at radius 3 is 2.00 bits per heavy atom. The van der Waals surface area contributed by atoms with Crippen LogP contribution in [0.5, 0.6) is 11.5 Å². The first-order valence-corrected chi connectivity index (χ1v) is 7.47. The van der Waals surface area contributed by atoms with E-state index in [9.17, 15) is 0 Å². The molecule has 2 heteroatoms. The Morgan fingerprint density at radius 2 is 1.38 bits per heavy atom. The van der Waals surface area contributed by atoms with Gasteiger partial charge < -0.3 is 10.1 Å². The number of anilines is 2. The van der Waals surface area contributed by atoms with Crippen molar-refractivity contribution in [2.75, 3.05) is 5.32 Å². The molecule has 2 aromatic rings. The monoisotopic (exact) mass is 281 g/mol. The Bertz CT molecular complexity index is 723. The Kier molecular flexibility index (Phi) is 3.01. The van der Waals surface area contributed by atoms with E-state index in [1.807, 2.05) is 0 Å². The number of hydrogen-bond donors (Lipinski definition) is 1.